The quantitative estimate of drug-likeness (QED) is 0.389. The Morgan fingerprint density at radius 1 is 1.09 bits per heavy atom. The molecule has 0 aliphatic heterocycles. The first-order chi connectivity index (χ1) is 15.3. The molecule has 1 amide bonds. The van der Waals surface area contributed by atoms with Gasteiger partial charge in [-0.1, -0.05) is 31.2 Å². The van der Waals surface area contributed by atoms with Gasteiger partial charge in [-0.15, -0.1) is 0 Å². The summed E-state index contributed by atoms with van der Waals surface area (Å²) in [7, 11) is 0. The van der Waals surface area contributed by atoms with Gasteiger partial charge in [0.05, 0.1) is 12.1 Å². The number of aryl methyl sites for hydroxylation is 2. The topological polar surface area (TPSA) is 90.0 Å². The van der Waals surface area contributed by atoms with Crippen molar-refractivity contribution in [2.75, 3.05) is 6.54 Å². The second-order valence-electron chi connectivity index (χ2n) is 7.87. The number of hydrogen-bond acceptors (Lipinski definition) is 4. The van der Waals surface area contributed by atoms with Crippen molar-refractivity contribution in [3.05, 3.63) is 88.2 Å². The summed E-state index contributed by atoms with van der Waals surface area (Å²) < 4.78 is 27.3. The summed E-state index contributed by atoms with van der Waals surface area (Å²) in [6.07, 6.45) is -0.0148. The third kappa shape index (κ3) is 6.70. The summed E-state index contributed by atoms with van der Waals surface area (Å²) in [6, 6.07) is 12.1. The average molecular weight is 443 g/mol. The lowest BCUT2D eigenvalue weighted by atomic mass is 10.00. The van der Waals surface area contributed by atoms with Crippen molar-refractivity contribution in [2.45, 2.75) is 45.4 Å². The van der Waals surface area contributed by atoms with E-state index in [1.54, 1.807) is 13.0 Å². The molecule has 3 aromatic rings. The normalized spacial score (nSPS) is 13.0. The van der Waals surface area contributed by atoms with Crippen LogP contribution in [0.25, 0.3) is 0 Å². The highest BCUT2D eigenvalue weighted by Gasteiger charge is 2.24. The van der Waals surface area contributed by atoms with E-state index < -0.39 is 29.7 Å². The zero-order valence-corrected chi connectivity index (χ0v) is 18.2. The molecule has 0 saturated carbocycles. The largest absolute Gasteiger partial charge is 0.390 e. The van der Waals surface area contributed by atoms with E-state index in [-0.39, 0.29) is 18.7 Å². The molecule has 1 aromatic heterocycles. The Bertz CT molecular complexity index is 1030. The van der Waals surface area contributed by atoms with Crippen LogP contribution in [0.1, 0.15) is 39.8 Å². The molecule has 0 saturated heterocycles. The number of nitrogens with zero attached hydrogens (tertiary/aromatic N) is 1. The number of nitrogens with one attached hydrogen (secondary N) is 3. The molecule has 2 atom stereocenters. The molecule has 8 heteroatoms. The number of aliphatic hydroxyl groups excluding tert-OH is 1. The summed E-state index contributed by atoms with van der Waals surface area (Å²) >= 11 is 0. The lowest BCUT2D eigenvalue weighted by Gasteiger charge is -2.24. The van der Waals surface area contributed by atoms with Gasteiger partial charge >= 0.3 is 0 Å². The summed E-state index contributed by atoms with van der Waals surface area (Å²) in [6.45, 7) is 4.57. The third-order valence-electron chi connectivity index (χ3n) is 5.18. The Labute approximate surface area is 186 Å². The maximum atomic E-state index is 13.6. The number of H-pyrrole nitrogens is 1. The zero-order chi connectivity index (χ0) is 23.1. The number of carbonyl (C=O) groups excluding carboxylic acids is 1. The van der Waals surface area contributed by atoms with E-state index in [9.17, 15) is 18.7 Å². The fraction of sp³-hybridized carbons (Fsp3) is 0.333. The van der Waals surface area contributed by atoms with E-state index in [0.29, 0.717) is 12.1 Å². The van der Waals surface area contributed by atoms with Gasteiger partial charge in [0.15, 0.2) is 0 Å². The van der Waals surface area contributed by atoms with Gasteiger partial charge in [0, 0.05) is 24.8 Å². The van der Waals surface area contributed by atoms with Gasteiger partial charge in [0.2, 0.25) is 0 Å². The van der Waals surface area contributed by atoms with Crippen molar-refractivity contribution in [1.82, 2.24) is 20.8 Å². The van der Waals surface area contributed by atoms with E-state index in [0.717, 1.165) is 23.7 Å². The molecule has 170 valence electrons. The van der Waals surface area contributed by atoms with Gasteiger partial charge in [0.1, 0.15) is 17.3 Å². The number of amides is 1. The molecule has 2 unspecified atom stereocenters. The second kappa shape index (κ2) is 11.0. The Balaban J connectivity index is 1.68. The van der Waals surface area contributed by atoms with Crippen molar-refractivity contribution in [1.29, 1.82) is 0 Å². The molecule has 0 fully saturated rings. The highest BCUT2D eigenvalue weighted by Crippen LogP contribution is 2.13. The molecule has 32 heavy (non-hydrogen) atoms. The van der Waals surface area contributed by atoms with E-state index >= 15 is 0 Å². The molecule has 0 aliphatic rings. The van der Waals surface area contributed by atoms with Gasteiger partial charge < -0.3 is 15.7 Å². The minimum absolute atomic E-state index is 0.0536. The summed E-state index contributed by atoms with van der Waals surface area (Å²) in [5.74, 6) is -1.90. The lowest BCUT2D eigenvalue weighted by molar-refractivity contribution is 0.0825. The Morgan fingerprint density at radius 3 is 2.47 bits per heavy atom. The number of aromatic nitrogens is 2. The number of halogens is 2. The average Bonchev–Trinajstić information content (AvgIpc) is 3.19. The van der Waals surface area contributed by atoms with E-state index in [4.69, 9.17) is 0 Å². The highest BCUT2D eigenvalue weighted by atomic mass is 19.1. The number of carbonyl (C=O) groups is 1. The van der Waals surface area contributed by atoms with Crippen molar-refractivity contribution in [2.24, 2.45) is 0 Å². The predicted octanol–water partition coefficient (Wildman–Crippen LogP) is 3.05. The molecular formula is C24H28F2N4O2. The van der Waals surface area contributed by atoms with Crippen LogP contribution in [0, 0.1) is 18.6 Å². The maximum Gasteiger partial charge on any atom is 0.272 e. The van der Waals surface area contributed by atoms with Gasteiger partial charge in [0.25, 0.3) is 5.91 Å². The zero-order valence-electron chi connectivity index (χ0n) is 18.2. The predicted molar refractivity (Wildman–Crippen MR) is 118 cm³/mol. The second-order valence-corrected chi connectivity index (χ2v) is 7.87. The van der Waals surface area contributed by atoms with Crippen LogP contribution >= 0.6 is 0 Å². The Hall–Kier alpha value is -3.10. The number of benzene rings is 2. The SMILES string of the molecule is CCc1cccc(CNCC(O)C(Cc2cc(F)cc(F)c2)NC(=O)c2cc(C)[nH]n2)c1. The van der Waals surface area contributed by atoms with Crippen LogP contribution in [-0.4, -0.2) is 39.9 Å². The van der Waals surface area contributed by atoms with Crippen LogP contribution in [0.2, 0.25) is 0 Å². The van der Waals surface area contributed by atoms with Crippen LogP contribution in [0.4, 0.5) is 8.78 Å². The van der Waals surface area contributed by atoms with Crippen LogP contribution in [0.3, 0.4) is 0 Å². The third-order valence-corrected chi connectivity index (χ3v) is 5.18. The van der Waals surface area contributed by atoms with Crippen LogP contribution in [0.15, 0.2) is 48.5 Å². The Kier molecular flexibility index (Phi) is 8.08. The summed E-state index contributed by atoms with van der Waals surface area (Å²) in [5.41, 5.74) is 3.53. The monoisotopic (exact) mass is 442 g/mol. The first kappa shape index (κ1) is 23.6. The van der Waals surface area contributed by atoms with Crippen LogP contribution in [0.5, 0.6) is 0 Å². The lowest BCUT2D eigenvalue weighted by Crippen LogP contribution is -2.48. The van der Waals surface area contributed by atoms with Gasteiger partial charge in [-0.25, -0.2) is 8.78 Å². The minimum Gasteiger partial charge on any atom is -0.390 e. The minimum atomic E-state index is -1.00. The van der Waals surface area contributed by atoms with Crippen molar-refractivity contribution < 1.29 is 18.7 Å². The van der Waals surface area contributed by atoms with Crippen LogP contribution < -0.4 is 10.6 Å². The fourth-order valence-electron chi connectivity index (χ4n) is 3.51. The van der Waals surface area contributed by atoms with Gasteiger partial charge in [-0.3, -0.25) is 9.89 Å². The smallest absolute Gasteiger partial charge is 0.272 e. The molecule has 3 rings (SSSR count). The van der Waals surface area contributed by atoms with Gasteiger partial charge in [-0.05, 0) is 54.7 Å². The fourth-order valence-corrected chi connectivity index (χ4v) is 3.51. The first-order valence-electron chi connectivity index (χ1n) is 10.6. The van der Waals surface area contributed by atoms with Crippen molar-refractivity contribution >= 4 is 5.91 Å². The molecule has 6 nitrogen and oxygen atoms in total. The van der Waals surface area contributed by atoms with Crippen molar-refractivity contribution in [3.63, 3.8) is 0 Å². The standard InChI is InChI=1S/C24H28F2N4O2/c1-3-16-5-4-6-17(8-16)13-27-14-23(31)21(11-18-9-19(25)12-20(26)10-18)28-24(32)22-7-15(2)29-30-22/h4-10,12,21,23,27,31H,3,11,13-14H2,1-2H3,(H,28,32)(H,29,30). The van der Waals surface area contributed by atoms with Crippen molar-refractivity contribution in [3.8, 4) is 0 Å². The summed E-state index contributed by atoms with van der Waals surface area (Å²) in [5, 5.41) is 23.3. The molecular weight excluding hydrogens is 414 g/mol. The van der Waals surface area contributed by atoms with Gasteiger partial charge in [-0.2, -0.15) is 5.10 Å². The van der Waals surface area contributed by atoms with E-state index in [1.807, 2.05) is 12.1 Å². The molecule has 0 aliphatic carbocycles. The molecule has 0 spiro atoms. The Morgan fingerprint density at radius 2 is 1.81 bits per heavy atom. The number of hydrogen-bond donors (Lipinski definition) is 4. The number of rotatable bonds is 10. The summed E-state index contributed by atoms with van der Waals surface area (Å²) in [4.78, 5) is 12.6. The molecule has 0 bridgehead atoms. The van der Waals surface area contributed by atoms with E-state index in [1.165, 1.54) is 17.7 Å². The number of aliphatic hydroxyl groups is 1. The maximum absolute atomic E-state index is 13.6. The molecule has 0 radical (unpaired) electrons. The highest BCUT2D eigenvalue weighted by molar-refractivity contribution is 5.92. The first-order valence-corrected chi connectivity index (χ1v) is 10.6. The molecule has 1 heterocycles. The van der Waals surface area contributed by atoms with Crippen LogP contribution in [-0.2, 0) is 19.4 Å². The molecule has 4 N–H and O–H groups in total. The van der Waals surface area contributed by atoms with E-state index in [2.05, 4.69) is 39.9 Å². The number of aromatic amines is 1. The molecule has 2 aromatic carbocycles.